The molecule has 0 unspecified atom stereocenters. The fourth-order valence-electron chi connectivity index (χ4n) is 3.05. The smallest absolute Gasteiger partial charge is 0.353 e. The first-order chi connectivity index (χ1) is 12.6. The normalized spacial score (nSPS) is 14.9. The van der Waals surface area contributed by atoms with Crippen molar-refractivity contribution in [2.75, 3.05) is 30.4 Å². The standard InChI is InChI=1S/C18H23N5O3/c1-13-7-9-22(10-8-13)18-16(23(24)25)17(20-12-21-18)19-11-14-3-5-15(26-2)6-4-14/h3-6,12-13H,7-11H2,1-2H3,(H,19,20,21). The van der Waals surface area contributed by atoms with Crippen molar-refractivity contribution >= 4 is 17.3 Å². The number of hydrogen-bond acceptors (Lipinski definition) is 7. The monoisotopic (exact) mass is 357 g/mol. The van der Waals surface area contributed by atoms with Gasteiger partial charge < -0.3 is 15.0 Å². The Morgan fingerprint density at radius 2 is 1.96 bits per heavy atom. The molecule has 138 valence electrons. The number of rotatable bonds is 6. The summed E-state index contributed by atoms with van der Waals surface area (Å²) in [7, 11) is 1.61. The molecule has 1 aliphatic rings. The molecule has 1 aliphatic heterocycles. The molecule has 26 heavy (non-hydrogen) atoms. The SMILES string of the molecule is COc1ccc(CNc2ncnc(N3CCC(C)CC3)c2[N+](=O)[O-])cc1. The zero-order valence-corrected chi connectivity index (χ0v) is 15.0. The molecule has 0 radical (unpaired) electrons. The molecule has 0 amide bonds. The van der Waals surface area contributed by atoms with E-state index in [1.165, 1.54) is 6.33 Å². The van der Waals surface area contributed by atoms with Gasteiger partial charge in [0.05, 0.1) is 12.0 Å². The Balaban J connectivity index is 1.80. The van der Waals surface area contributed by atoms with Crippen molar-refractivity contribution in [1.29, 1.82) is 0 Å². The molecule has 1 saturated heterocycles. The summed E-state index contributed by atoms with van der Waals surface area (Å²) >= 11 is 0. The van der Waals surface area contributed by atoms with Gasteiger partial charge in [0.15, 0.2) is 0 Å². The number of benzene rings is 1. The van der Waals surface area contributed by atoms with Gasteiger partial charge in [-0.1, -0.05) is 19.1 Å². The third-order valence-corrected chi connectivity index (χ3v) is 4.69. The van der Waals surface area contributed by atoms with Crippen LogP contribution in [0.1, 0.15) is 25.3 Å². The average Bonchev–Trinajstić information content (AvgIpc) is 2.67. The highest BCUT2D eigenvalue weighted by atomic mass is 16.6. The highest BCUT2D eigenvalue weighted by Crippen LogP contribution is 2.34. The minimum absolute atomic E-state index is 0.0597. The van der Waals surface area contributed by atoms with E-state index in [2.05, 4.69) is 22.2 Å². The Kier molecular flexibility index (Phi) is 5.50. The fourth-order valence-corrected chi connectivity index (χ4v) is 3.05. The largest absolute Gasteiger partial charge is 0.497 e. The molecule has 0 bridgehead atoms. The summed E-state index contributed by atoms with van der Waals surface area (Å²) in [4.78, 5) is 21.6. The van der Waals surface area contributed by atoms with Gasteiger partial charge in [-0.2, -0.15) is 0 Å². The number of nitrogens with one attached hydrogen (secondary N) is 1. The molecule has 0 spiro atoms. The second-order valence-electron chi connectivity index (χ2n) is 6.52. The molecule has 0 saturated carbocycles. The summed E-state index contributed by atoms with van der Waals surface area (Å²) in [5.41, 5.74) is 0.919. The predicted octanol–water partition coefficient (Wildman–Crippen LogP) is 3.24. The van der Waals surface area contributed by atoms with E-state index in [9.17, 15) is 10.1 Å². The third-order valence-electron chi connectivity index (χ3n) is 4.69. The van der Waals surface area contributed by atoms with Crippen LogP contribution < -0.4 is 15.0 Å². The predicted molar refractivity (Wildman–Crippen MR) is 99.6 cm³/mol. The minimum Gasteiger partial charge on any atom is -0.497 e. The molecule has 1 aromatic carbocycles. The number of ether oxygens (including phenoxy) is 1. The van der Waals surface area contributed by atoms with Crippen LogP contribution in [0.3, 0.4) is 0 Å². The summed E-state index contributed by atoms with van der Waals surface area (Å²) < 4.78 is 5.14. The van der Waals surface area contributed by atoms with Crippen LogP contribution in [0, 0.1) is 16.0 Å². The van der Waals surface area contributed by atoms with Crippen LogP contribution >= 0.6 is 0 Å². The molecular formula is C18H23N5O3. The van der Waals surface area contributed by atoms with E-state index in [1.807, 2.05) is 29.2 Å². The number of nitro groups is 1. The summed E-state index contributed by atoms with van der Waals surface area (Å²) in [6.45, 7) is 4.18. The van der Waals surface area contributed by atoms with Crippen LogP contribution in [0.5, 0.6) is 5.75 Å². The Morgan fingerprint density at radius 3 is 2.58 bits per heavy atom. The molecule has 0 aliphatic carbocycles. The van der Waals surface area contributed by atoms with Crippen LogP contribution in [0.15, 0.2) is 30.6 Å². The van der Waals surface area contributed by atoms with Crippen LogP contribution in [0.2, 0.25) is 0 Å². The zero-order chi connectivity index (χ0) is 18.5. The lowest BCUT2D eigenvalue weighted by atomic mass is 9.99. The third kappa shape index (κ3) is 4.01. The number of anilines is 2. The topological polar surface area (TPSA) is 93.4 Å². The zero-order valence-electron chi connectivity index (χ0n) is 15.0. The maximum Gasteiger partial charge on any atom is 0.353 e. The number of piperidine rings is 1. The van der Waals surface area contributed by atoms with Gasteiger partial charge in [-0.3, -0.25) is 10.1 Å². The first kappa shape index (κ1) is 17.9. The van der Waals surface area contributed by atoms with Crippen molar-refractivity contribution in [2.24, 2.45) is 5.92 Å². The van der Waals surface area contributed by atoms with Crippen molar-refractivity contribution in [3.05, 3.63) is 46.3 Å². The van der Waals surface area contributed by atoms with Crippen molar-refractivity contribution < 1.29 is 9.66 Å². The second-order valence-corrected chi connectivity index (χ2v) is 6.52. The molecule has 2 aromatic rings. The molecule has 1 N–H and O–H groups in total. The van der Waals surface area contributed by atoms with Crippen molar-refractivity contribution in [1.82, 2.24) is 9.97 Å². The summed E-state index contributed by atoms with van der Waals surface area (Å²) in [5.74, 6) is 2.05. The summed E-state index contributed by atoms with van der Waals surface area (Å²) in [6, 6.07) is 7.52. The van der Waals surface area contributed by atoms with Crippen LogP contribution in [0.25, 0.3) is 0 Å². The number of aromatic nitrogens is 2. The molecule has 1 aromatic heterocycles. The number of methoxy groups -OCH3 is 1. The lowest BCUT2D eigenvalue weighted by Gasteiger charge is -2.30. The van der Waals surface area contributed by atoms with Gasteiger partial charge in [0, 0.05) is 19.6 Å². The summed E-state index contributed by atoms with van der Waals surface area (Å²) in [6.07, 6.45) is 3.41. The van der Waals surface area contributed by atoms with E-state index in [0.717, 1.165) is 37.2 Å². The van der Waals surface area contributed by atoms with Gasteiger partial charge in [-0.15, -0.1) is 0 Å². The molecule has 2 heterocycles. The van der Waals surface area contributed by atoms with Gasteiger partial charge in [0.2, 0.25) is 11.6 Å². The second kappa shape index (κ2) is 7.99. The summed E-state index contributed by atoms with van der Waals surface area (Å²) in [5, 5.41) is 14.8. The van der Waals surface area contributed by atoms with E-state index in [-0.39, 0.29) is 11.5 Å². The van der Waals surface area contributed by atoms with Crippen molar-refractivity contribution in [3.63, 3.8) is 0 Å². The highest BCUT2D eigenvalue weighted by Gasteiger charge is 2.28. The Morgan fingerprint density at radius 1 is 1.27 bits per heavy atom. The first-order valence-corrected chi connectivity index (χ1v) is 8.69. The number of hydrogen-bond donors (Lipinski definition) is 1. The minimum atomic E-state index is -0.399. The average molecular weight is 357 g/mol. The van der Waals surface area contributed by atoms with E-state index < -0.39 is 4.92 Å². The maximum absolute atomic E-state index is 11.7. The quantitative estimate of drug-likeness (QED) is 0.626. The van der Waals surface area contributed by atoms with Gasteiger partial charge in [-0.05, 0) is 36.5 Å². The molecule has 8 heteroatoms. The Hall–Kier alpha value is -2.90. The highest BCUT2D eigenvalue weighted by molar-refractivity contribution is 5.70. The lowest BCUT2D eigenvalue weighted by molar-refractivity contribution is -0.383. The van der Waals surface area contributed by atoms with Crippen LogP contribution in [0.4, 0.5) is 17.3 Å². The number of nitrogens with zero attached hydrogens (tertiary/aromatic N) is 4. The lowest BCUT2D eigenvalue weighted by Crippen LogP contribution is -2.34. The first-order valence-electron chi connectivity index (χ1n) is 8.69. The molecule has 8 nitrogen and oxygen atoms in total. The maximum atomic E-state index is 11.7. The van der Waals surface area contributed by atoms with E-state index >= 15 is 0 Å². The van der Waals surface area contributed by atoms with Gasteiger partial charge in [0.1, 0.15) is 12.1 Å². The van der Waals surface area contributed by atoms with Gasteiger partial charge in [0.25, 0.3) is 0 Å². The van der Waals surface area contributed by atoms with Crippen LogP contribution in [-0.4, -0.2) is 35.1 Å². The van der Waals surface area contributed by atoms with E-state index in [0.29, 0.717) is 18.3 Å². The molecule has 1 fully saturated rings. The van der Waals surface area contributed by atoms with E-state index in [4.69, 9.17) is 4.74 Å². The van der Waals surface area contributed by atoms with Gasteiger partial charge >= 0.3 is 5.69 Å². The Bertz CT molecular complexity index is 758. The van der Waals surface area contributed by atoms with E-state index in [1.54, 1.807) is 7.11 Å². The van der Waals surface area contributed by atoms with Crippen molar-refractivity contribution in [2.45, 2.75) is 26.3 Å². The fraction of sp³-hybridized carbons (Fsp3) is 0.444. The molecule has 0 atom stereocenters. The van der Waals surface area contributed by atoms with Gasteiger partial charge in [-0.25, -0.2) is 9.97 Å². The Labute approximate surface area is 152 Å². The molecule has 3 rings (SSSR count). The van der Waals surface area contributed by atoms with Crippen LogP contribution in [-0.2, 0) is 6.54 Å². The van der Waals surface area contributed by atoms with Crippen molar-refractivity contribution in [3.8, 4) is 5.75 Å². The molecular weight excluding hydrogens is 334 g/mol.